The lowest BCUT2D eigenvalue weighted by molar-refractivity contribution is -0.123. The molecule has 2 rings (SSSR count). The Kier molecular flexibility index (Phi) is 6.81. The first-order valence-electron chi connectivity index (χ1n) is 8.27. The lowest BCUT2D eigenvalue weighted by Crippen LogP contribution is -2.30. The Balaban J connectivity index is 2.00. The van der Waals surface area contributed by atoms with Crippen LogP contribution < -0.4 is 15.6 Å². The first-order valence-corrected chi connectivity index (χ1v) is 8.27. The third kappa shape index (κ3) is 4.58. The minimum absolute atomic E-state index is 0.117. The number of pyridine rings is 1. The second-order valence-corrected chi connectivity index (χ2v) is 5.30. The Hall–Kier alpha value is -2.34. The molecular weight excluding hydrogens is 308 g/mol. The number of carbonyl (C=O) groups is 1. The van der Waals surface area contributed by atoms with Crippen molar-refractivity contribution < 1.29 is 14.3 Å². The largest absolute Gasteiger partial charge is 0.483 e. The number of aromatic nitrogens is 1. The monoisotopic (exact) mass is 332 g/mol. The summed E-state index contributed by atoms with van der Waals surface area (Å²) < 4.78 is 12.5. The second kappa shape index (κ2) is 9.08. The first kappa shape index (κ1) is 18.0. The molecule has 0 radical (unpaired) electrons. The van der Waals surface area contributed by atoms with Gasteiger partial charge in [0.25, 0.3) is 11.5 Å². The van der Waals surface area contributed by atoms with E-state index in [0.29, 0.717) is 32.1 Å². The van der Waals surface area contributed by atoms with Crippen LogP contribution in [0.4, 0.5) is 0 Å². The van der Waals surface area contributed by atoms with Gasteiger partial charge in [0.2, 0.25) is 0 Å². The fraction of sp³-hybridized carbons (Fsp3) is 0.444. The van der Waals surface area contributed by atoms with Gasteiger partial charge >= 0.3 is 0 Å². The average Bonchev–Trinajstić information content (AvgIpc) is 2.59. The summed E-state index contributed by atoms with van der Waals surface area (Å²) >= 11 is 0. The molecule has 0 saturated carbocycles. The third-order valence-corrected chi connectivity index (χ3v) is 3.65. The predicted molar refractivity (Wildman–Crippen MR) is 93.5 cm³/mol. The maximum absolute atomic E-state index is 12.2. The van der Waals surface area contributed by atoms with Gasteiger partial charge in [0.05, 0.1) is 5.52 Å². The molecule has 130 valence electrons. The zero-order valence-electron chi connectivity index (χ0n) is 14.2. The first-order chi connectivity index (χ1) is 11.7. The molecule has 0 aliphatic carbocycles. The molecule has 0 atom stereocenters. The molecule has 1 heterocycles. The van der Waals surface area contributed by atoms with Crippen molar-refractivity contribution in [3.8, 4) is 5.75 Å². The van der Waals surface area contributed by atoms with Gasteiger partial charge in [-0.25, -0.2) is 0 Å². The topological polar surface area (TPSA) is 69.6 Å². The number of amides is 1. The Morgan fingerprint density at radius 3 is 2.79 bits per heavy atom. The highest BCUT2D eigenvalue weighted by Gasteiger charge is 2.10. The van der Waals surface area contributed by atoms with Crippen LogP contribution in [-0.2, 0) is 16.1 Å². The fourth-order valence-electron chi connectivity index (χ4n) is 2.49. The molecule has 2 aromatic rings. The molecule has 24 heavy (non-hydrogen) atoms. The van der Waals surface area contributed by atoms with Crippen molar-refractivity contribution in [2.45, 2.75) is 26.8 Å². The number of benzene rings is 1. The number of carbonyl (C=O) groups excluding carboxylic acids is 1. The molecule has 0 saturated heterocycles. The molecule has 0 spiro atoms. The van der Waals surface area contributed by atoms with Gasteiger partial charge in [0.15, 0.2) is 6.61 Å². The van der Waals surface area contributed by atoms with Crippen LogP contribution in [0.2, 0.25) is 0 Å². The van der Waals surface area contributed by atoms with Gasteiger partial charge < -0.3 is 19.4 Å². The van der Waals surface area contributed by atoms with Gasteiger partial charge in [-0.15, -0.1) is 0 Å². The molecule has 1 N–H and O–H groups in total. The van der Waals surface area contributed by atoms with Gasteiger partial charge in [-0.05, 0) is 32.4 Å². The van der Waals surface area contributed by atoms with Gasteiger partial charge in [0.1, 0.15) is 5.75 Å². The summed E-state index contributed by atoms with van der Waals surface area (Å²) in [6.45, 7) is 6.16. The smallest absolute Gasteiger partial charge is 0.257 e. The molecule has 0 fully saturated rings. The van der Waals surface area contributed by atoms with Crippen molar-refractivity contribution in [2.24, 2.45) is 0 Å². The maximum atomic E-state index is 12.2. The molecule has 0 aliphatic heterocycles. The van der Waals surface area contributed by atoms with E-state index in [-0.39, 0.29) is 18.1 Å². The highest BCUT2D eigenvalue weighted by molar-refractivity contribution is 5.86. The number of rotatable bonds is 9. The Morgan fingerprint density at radius 1 is 1.25 bits per heavy atom. The van der Waals surface area contributed by atoms with Crippen LogP contribution in [0, 0.1) is 0 Å². The molecule has 0 aliphatic rings. The Labute approximate surface area is 141 Å². The lowest BCUT2D eigenvalue weighted by Gasteiger charge is -2.13. The van der Waals surface area contributed by atoms with E-state index in [4.69, 9.17) is 9.47 Å². The van der Waals surface area contributed by atoms with Gasteiger partial charge in [-0.1, -0.05) is 12.1 Å². The summed E-state index contributed by atoms with van der Waals surface area (Å²) in [5.74, 6) is 0.222. The van der Waals surface area contributed by atoms with Gasteiger partial charge in [0, 0.05) is 37.8 Å². The van der Waals surface area contributed by atoms with Crippen molar-refractivity contribution in [3.05, 3.63) is 40.7 Å². The number of aryl methyl sites for hydroxylation is 1. The summed E-state index contributed by atoms with van der Waals surface area (Å²) in [7, 11) is 0. The van der Waals surface area contributed by atoms with E-state index in [0.717, 1.165) is 17.3 Å². The van der Waals surface area contributed by atoms with Gasteiger partial charge in [-0.3, -0.25) is 9.59 Å². The Bertz CT molecular complexity index is 739. The molecule has 1 aromatic heterocycles. The van der Waals surface area contributed by atoms with Crippen LogP contribution in [0.3, 0.4) is 0 Å². The van der Waals surface area contributed by atoms with Crippen molar-refractivity contribution in [3.63, 3.8) is 0 Å². The number of nitrogens with one attached hydrogen (secondary N) is 1. The van der Waals surface area contributed by atoms with Crippen molar-refractivity contribution in [1.82, 2.24) is 9.88 Å². The number of para-hydroxylation sites is 1. The number of hydrogen-bond acceptors (Lipinski definition) is 4. The fourth-order valence-corrected chi connectivity index (χ4v) is 2.49. The van der Waals surface area contributed by atoms with E-state index in [2.05, 4.69) is 5.32 Å². The lowest BCUT2D eigenvalue weighted by atomic mass is 10.2. The molecule has 0 bridgehead atoms. The summed E-state index contributed by atoms with van der Waals surface area (Å²) in [4.78, 5) is 24.0. The summed E-state index contributed by atoms with van der Waals surface area (Å²) in [5.41, 5.74) is 0.669. The molecule has 6 nitrogen and oxygen atoms in total. The summed E-state index contributed by atoms with van der Waals surface area (Å²) in [6.07, 6.45) is 0.759. The van der Waals surface area contributed by atoms with E-state index in [1.807, 2.05) is 38.1 Å². The van der Waals surface area contributed by atoms with Gasteiger partial charge in [-0.2, -0.15) is 0 Å². The number of hydrogen-bond donors (Lipinski definition) is 1. The molecule has 1 amide bonds. The normalized spacial score (nSPS) is 10.8. The molecule has 1 aromatic carbocycles. The quantitative estimate of drug-likeness (QED) is 0.713. The minimum Gasteiger partial charge on any atom is -0.483 e. The third-order valence-electron chi connectivity index (χ3n) is 3.65. The highest BCUT2D eigenvalue weighted by atomic mass is 16.5. The standard InChI is InChI=1S/C18H24N2O4/c1-3-20-15-9-6-5-8-14(15)16(12-18(20)22)24-13-17(21)19-10-7-11-23-4-2/h5-6,8-9,12H,3-4,7,10-11,13H2,1-2H3,(H,19,21). The van der Waals surface area contributed by atoms with E-state index >= 15 is 0 Å². The zero-order chi connectivity index (χ0) is 17.4. The van der Waals surface area contributed by atoms with Crippen LogP contribution in [0.25, 0.3) is 10.9 Å². The van der Waals surface area contributed by atoms with E-state index in [1.54, 1.807) is 4.57 Å². The number of ether oxygens (including phenoxy) is 2. The van der Waals surface area contributed by atoms with Crippen LogP contribution in [-0.4, -0.2) is 36.8 Å². The predicted octanol–water partition coefficient (Wildman–Crippen LogP) is 1.94. The summed E-state index contributed by atoms with van der Waals surface area (Å²) in [5, 5.41) is 3.59. The van der Waals surface area contributed by atoms with Crippen LogP contribution in [0.15, 0.2) is 35.1 Å². The molecule has 6 heteroatoms. The Morgan fingerprint density at radius 2 is 2.04 bits per heavy atom. The zero-order valence-corrected chi connectivity index (χ0v) is 14.2. The average molecular weight is 332 g/mol. The van der Waals surface area contributed by atoms with E-state index in [9.17, 15) is 9.59 Å². The van der Waals surface area contributed by atoms with E-state index in [1.165, 1.54) is 6.07 Å². The van der Waals surface area contributed by atoms with Crippen LogP contribution in [0.5, 0.6) is 5.75 Å². The summed E-state index contributed by atoms with van der Waals surface area (Å²) in [6, 6.07) is 8.96. The maximum Gasteiger partial charge on any atom is 0.257 e. The number of fused-ring (bicyclic) bond motifs is 1. The minimum atomic E-state index is -0.213. The molecular formula is C18H24N2O4. The van der Waals surface area contributed by atoms with Crippen LogP contribution in [0.1, 0.15) is 20.3 Å². The van der Waals surface area contributed by atoms with Crippen molar-refractivity contribution in [2.75, 3.05) is 26.4 Å². The van der Waals surface area contributed by atoms with Crippen molar-refractivity contribution >= 4 is 16.8 Å². The van der Waals surface area contributed by atoms with Crippen LogP contribution >= 0.6 is 0 Å². The molecule has 0 unspecified atom stereocenters. The highest BCUT2D eigenvalue weighted by Crippen LogP contribution is 2.23. The number of nitrogens with zero attached hydrogens (tertiary/aromatic N) is 1. The van der Waals surface area contributed by atoms with E-state index < -0.39 is 0 Å². The SMILES string of the molecule is CCOCCCNC(=O)COc1cc(=O)n(CC)c2ccccc12. The van der Waals surface area contributed by atoms with Crippen molar-refractivity contribution in [1.29, 1.82) is 0 Å². The second-order valence-electron chi connectivity index (χ2n) is 5.30.